The fraction of sp³-hybridized carbons (Fsp3) is 0.0455. The molecule has 0 saturated heterocycles. The monoisotopic (exact) mass is 312 g/mol. The lowest BCUT2D eigenvalue weighted by Gasteiger charge is -2.13. The van der Waals surface area contributed by atoms with Crippen molar-refractivity contribution in [3.63, 3.8) is 0 Å². The van der Waals surface area contributed by atoms with Crippen molar-refractivity contribution < 1.29 is 9.53 Å². The van der Waals surface area contributed by atoms with E-state index in [1.165, 1.54) is 10.9 Å². The molecule has 0 saturated carbocycles. The highest BCUT2D eigenvalue weighted by molar-refractivity contribution is 6.09. The number of hydrogen-bond acceptors (Lipinski definition) is 2. The molecule has 2 nitrogen and oxygen atoms in total. The number of hydrogen-bond donors (Lipinski definition) is 0. The van der Waals surface area contributed by atoms with Crippen molar-refractivity contribution >= 4 is 28.0 Å². The van der Waals surface area contributed by atoms with Gasteiger partial charge in [0.25, 0.3) is 6.47 Å². The highest BCUT2D eigenvalue weighted by atomic mass is 16.5. The van der Waals surface area contributed by atoms with Gasteiger partial charge in [0.15, 0.2) is 0 Å². The van der Waals surface area contributed by atoms with Crippen LogP contribution in [0.3, 0.4) is 0 Å². The molecule has 116 valence electrons. The molecule has 0 aliphatic carbocycles. The average Bonchev–Trinajstić information content (AvgIpc) is 2.64. The second-order valence-corrected chi connectivity index (χ2v) is 5.81. The summed E-state index contributed by atoms with van der Waals surface area (Å²) in [4.78, 5) is 11.1. The van der Waals surface area contributed by atoms with Gasteiger partial charge in [-0.3, -0.25) is 4.79 Å². The van der Waals surface area contributed by atoms with Gasteiger partial charge >= 0.3 is 0 Å². The third-order valence-corrected chi connectivity index (χ3v) is 4.36. The average molecular weight is 312 g/mol. The van der Waals surface area contributed by atoms with Crippen LogP contribution in [-0.4, -0.2) is 6.47 Å². The Morgan fingerprint density at radius 1 is 0.708 bits per heavy atom. The van der Waals surface area contributed by atoms with Crippen LogP contribution in [0.5, 0.6) is 5.75 Å². The van der Waals surface area contributed by atoms with Crippen molar-refractivity contribution in [3.8, 4) is 5.75 Å². The lowest BCUT2D eigenvalue weighted by atomic mass is 9.96. The summed E-state index contributed by atoms with van der Waals surface area (Å²) < 4.78 is 5.39. The fourth-order valence-electron chi connectivity index (χ4n) is 3.25. The Labute approximate surface area is 140 Å². The minimum absolute atomic E-state index is 0.512. The van der Waals surface area contributed by atoms with E-state index in [0.29, 0.717) is 12.2 Å². The van der Waals surface area contributed by atoms with Gasteiger partial charge in [-0.2, -0.15) is 0 Å². The van der Waals surface area contributed by atoms with Crippen LogP contribution in [0, 0.1) is 0 Å². The quantitative estimate of drug-likeness (QED) is 0.386. The van der Waals surface area contributed by atoms with Crippen LogP contribution in [0.25, 0.3) is 21.5 Å². The van der Waals surface area contributed by atoms with Crippen LogP contribution in [0.1, 0.15) is 11.1 Å². The Balaban J connectivity index is 1.93. The van der Waals surface area contributed by atoms with Gasteiger partial charge in [-0.05, 0) is 33.4 Å². The minimum Gasteiger partial charge on any atom is -0.428 e. The molecular formula is C22H16O2. The summed E-state index contributed by atoms with van der Waals surface area (Å²) in [5, 5.41) is 4.41. The van der Waals surface area contributed by atoms with Crippen molar-refractivity contribution in [2.24, 2.45) is 0 Å². The summed E-state index contributed by atoms with van der Waals surface area (Å²) in [5.41, 5.74) is 2.20. The van der Waals surface area contributed by atoms with Gasteiger partial charge < -0.3 is 4.74 Å². The lowest BCUT2D eigenvalue weighted by Crippen LogP contribution is -1.97. The summed E-state index contributed by atoms with van der Waals surface area (Å²) in [6.07, 6.45) is 0.729. The van der Waals surface area contributed by atoms with E-state index < -0.39 is 0 Å². The lowest BCUT2D eigenvalue weighted by molar-refractivity contribution is -0.120. The van der Waals surface area contributed by atoms with Gasteiger partial charge in [-0.15, -0.1) is 0 Å². The maximum absolute atomic E-state index is 11.1. The summed E-state index contributed by atoms with van der Waals surface area (Å²) >= 11 is 0. The van der Waals surface area contributed by atoms with E-state index >= 15 is 0 Å². The second-order valence-electron chi connectivity index (χ2n) is 5.81. The molecule has 0 bridgehead atoms. The Hall–Kier alpha value is -3.13. The summed E-state index contributed by atoms with van der Waals surface area (Å²) in [6.45, 7) is 0.512. The minimum atomic E-state index is 0.512. The number of ether oxygens (including phenoxy) is 1. The fourth-order valence-corrected chi connectivity index (χ4v) is 3.25. The molecule has 4 aromatic carbocycles. The van der Waals surface area contributed by atoms with Crippen LogP contribution < -0.4 is 4.74 Å². The zero-order valence-electron chi connectivity index (χ0n) is 13.1. The van der Waals surface area contributed by atoms with E-state index in [1.807, 2.05) is 36.4 Å². The molecule has 0 heterocycles. The van der Waals surface area contributed by atoms with E-state index in [4.69, 9.17) is 4.74 Å². The molecule has 0 aliphatic heterocycles. The number of benzene rings is 4. The maximum atomic E-state index is 11.1. The standard InChI is InChI=1S/C22H16O2/c23-15-24-22-18(14-16-6-2-1-3-7-16)11-12-20-19-9-5-4-8-17(19)10-13-21(20)22/h1-13,15H,14H2. The van der Waals surface area contributed by atoms with Crippen LogP contribution >= 0.6 is 0 Å². The van der Waals surface area contributed by atoms with Gasteiger partial charge in [-0.1, -0.05) is 72.8 Å². The largest absolute Gasteiger partial charge is 0.428 e. The number of fused-ring (bicyclic) bond motifs is 3. The predicted molar refractivity (Wildman–Crippen MR) is 97.4 cm³/mol. The van der Waals surface area contributed by atoms with Gasteiger partial charge in [-0.25, -0.2) is 0 Å². The Morgan fingerprint density at radius 2 is 1.46 bits per heavy atom. The zero-order valence-corrected chi connectivity index (χ0v) is 13.1. The number of rotatable bonds is 4. The Morgan fingerprint density at radius 3 is 2.29 bits per heavy atom. The topological polar surface area (TPSA) is 26.3 Å². The molecule has 2 heteroatoms. The molecule has 0 radical (unpaired) electrons. The van der Waals surface area contributed by atoms with Crippen molar-refractivity contribution in [1.82, 2.24) is 0 Å². The first-order valence-corrected chi connectivity index (χ1v) is 7.94. The first-order chi connectivity index (χ1) is 11.9. The Kier molecular flexibility index (Phi) is 3.72. The summed E-state index contributed by atoms with van der Waals surface area (Å²) in [5.74, 6) is 0.650. The maximum Gasteiger partial charge on any atom is 0.298 e. The van der Waals surface area contributed by atoms with Crippen LogP contribution in [0.15, 0.2) is 78.9 Å². The molecule has 0 aliphatic rings. The van der Waals surface area contributed by atoms with E-state index in [0.717, 1.165) is 28.1 Å². The van der Waals surface area contributed by atoms with Crippen LogP contribution in [0.2, 0.25) is 0 Å². The van der Waals surface area contributed by atoms with Crippen molar-refractivity contribution in [2.75, 3.05) is 0 Å². The smallest absolute Gasteiger partial charge is 0.298 e. The van der Waals surface area contributed by atoms with E-state index in [2.05, 4.69) is 42.5 Å². The molecule has 0 fully saturated rings. The molecule has 0 unspecified atom stereocenters. The number of carbonyl (C=O) groups excluding carboxylic acids is 1. The zero-order chi connectivity index (χ0) is 16.4. The van der Waals surface area contributed by atoms with Gasteiger partial charge in [0.05, 0.1) is 0 Å². The third-order valence-electron chi connectivity index (χ3n) is 4.36. The first kappa shape index (κ1) is 14.5. The van der Waals surface area contributed by atoms with E-state index in [1.54, 1.807) is 0 Å². The van der Waals surface area contributed by atoms with Crippen LogP contribution in [-0.2, 0) is 11.2 Å². The van der Waals surface area contributed by atoms with Crippen molar-refractivity contribution in [1.29, 1.82) is 0 Å². The first-order valence-electron chi connectivity index (χ1n) is 7.94. The van der Waals surface area contributed by atoms with E-state index in [9.17, 15) is 4.79 Å². The molecule has 0 aromatic heterocycles. The van der Waals surface area contributed by atoms with Crippen molar-refractivity contribution in [2.45, 2.75) is 6.42 Å². The molecule has 24 heavy (non-hydrogen) atoms. The van der Waals surface area contributed by atoms with Crippen LogP contribution in [0.4, 0.5) is 0 Å². The molecule has 0 spiro atoms. The van der Waals surface area contributed by atoms with Gasteiger partial charge in [0.2, 0.25) is 0 Å². The molecule has 0 atom stereocenters. The molecule has 0 N–H and O–H groups in total. The van der Waals surface area contributed by atoms with Gasteiger partial charge in [0, 0.05) is 11.8 Å². The second kappa shape index (κ2) is 6.17. The van der Waals surface area contributed by atoms with E-state index in [-0.39, 0.29) is 0 Å². The predicted octanol–water partition coefficient (Wildman–Crippen LogP) is 5.12. The Bertz CT molecular complexity index is 1020. The molecule has 4 rings (SSSR count). The third kappa shape index (κ3) is 2.52. The van der Waals surface area contributed by atoms with Gasteiger partial charge in [0.1, 0.15) is 5.75 Å². The highest BCUT2D eigenvalue weighted by Crippen LogP contribution is 2.35. The number of carbonyl (C=O) groups is 1. The SMILES string of the molecule is O=COc1c(Cc2ccccc2)ccc2c1ccc1ccccc12. The molecule has 4 aromatic rings. The molecule has 0 amide bonds. The molecular weight excluding hydrogens is 296 g/mol. The highest BCUT2D eigenvalue weighted by Gasteiger charge is 2.12. The van der Waals surface area contributed by atoms with Crippen molar-refractivity contribution in [3.05, 3.63) is 90.0 Å². The summed E-state index contributed by atoms with van der Waals surface area (Å²) in [6, 6.07) is 26.7. The summed E-state index contributed by atoms with van der Waals surface area (Å²) in [7, 11) is 0. The normalized spacial score (nSPS) is 10.8.